The van der Waals surface area contributed by atoms with Crippen molar-refractivity contribution >= 4 is 15.7 Å². The van der Waals surface area contributed by atoms with E-state index in [1.54, 1.807) is 6.92 Å². The van der Waals surface area contributed by atoms with Crippen LogP contribution in [0.15, 0.2) is 6.07 Å². The third kappa shape index (κ3) is 4.68. The average Bonchev–Trinajstić information content (AvgIpc) is 2.28. The van der Waals surface area contributed by atoms with Gasteiger partial charge in [0.2, 0.25) is 0 Å². The van der Waals surface area contributed by atoms with Crippen LogP contribution in [-0.4, -0.2) is 36.4 Å². The molecule has 1 aromatic rings. The second-order valence-corrected chi connectivity index (χ2v) is 6.28. The molecule has 0 saturated heterocycles. The third-order valence-corrected chi connectivity index (χ3v) is 4.12. The topological polar surface area (TPSA) is 72.0 Å². The monoisotopic (exact) mass is 257 g/mol. The van der Waals surface area contributed by atoms with Crippen molar-refractivity contribution in [1.29, 1.82) is 0 Å². The summed E-state index contributed by atoms with van der Waals surface area (Å²) in [6, 6.07) is 1.85. The van der Waals surface area contributed by atoms with Crippen molar-refractivity contribution in [2.45, 2.75) is 27.2 Å². The van der Waals surface area contributed by atoms with Crippen LogP contribution in [0.1, 0.15) is 25.4 Å². The number of rotatable bonds is 6. The number of aromatic nitrogens is 2. The van der Waals surface area contributed by atoms with Crippen molar-refractivity contribution in [3.63, 3.8) is 0 Å². The fourth-order valence-corrected chi connectivity index (χ4v) is 2.08. The highest BCUT2D eigenvalue weighted by atomic mass is 32.2. The summed E-state index contributed by atoms with van der Waals surface area (Å²) in [7, 11) is -2.92. The van der Waals surface area contributed by atoms with E-state index < -0.39 is 9.84 Å². The average molecular weight is 257 g/mol. The highest BCUT2D eigenvalue weighted by molar-refractivity contribution is 7.91. The molecule has 0 aliphatic rings. The standard InChI is InChI=1S/C11H19N3O2S/c1-4-10-8-11(14-9(3)13-10)12-6-7-17(15,16)5-2/h8H,4-7H2,1-3H3,(H,12,13,14). The maximum Gasteiger partial charge on any atom is 0.151 e. The first-order valence-electron chi connectivity index (χ1n) is 5.75. The van der Waals surface area contributed by atoms with E-state index in [2.05, 4.69) is 15.3 Å². The van der Waals surface area contributed by atoms with Crippen LogP contribution in [-0.2, 0) is 16.3 Å². The molecule has 0 aliphatic heterocycles. The van der Waals surface area contributed by atoms with Gasteiger partial charge in [-0.05, 0) is 13.3 Å². The summed E-state index contributed by atoms with van der Waals surface area (Å²) in [5.74, 6) is 1.71. The molecule has 6 heteroatoms. The number of nitrogens with one attached hydrogen (secondary N) is 1. The van der Waals surface area contributed by atoms with Gasteiger partial charge in [0.05, 0.1) is 5.75 Å². The Balaban J connectivity index is 2.61. The molecule has 1 rings (SSSR count). The molecule has 0 spiro atoms. The van der Waals surface area contributed by atoms with Crippen LogP contribution >= 0.6 is 0 Å². The predicted molar refractivity (Wildman–Crippen MR) is 69.0 cm³/mol. The molecule has 1 N–H and O–H groups in total. The Morgan fingerprint density at radius 3 is 2.59 bits per heavy atom. The lowest BCUT2D eigenvalue weighted by Crippen LogP contribution is -2.18. The summed E-state index contributed by atoms with van der Waals surface area (Å²) < 4.78 is 22.6. The minimum atomic E-state index is -2.92. The van der Waals surface area contributed by atoms with Gasteiger partial charge in [-0.2, -0.15) is 0 Å². The molecule has 5 nitrogen and oxygen atoms in total. The highest BCUT2D eigenvalue weighted by Crippen LogP contribution is 2.07. The first-order chi connectivity index (χ1) is 7.96. The van der Waals surface area contributed by atoms with Crippen molar-refractivity contribution in [2.75, 3.05) is 23.4 Å². The first kappa shape index (κ1) is 13.9. The van der Waals surface area contributed by atoms with Crippen molar-refractivity contribution < 1.29 is 8.42 Å². The predicted octanol–water partition coefficient (Wildman–Crippen LogP) is 1.19. The van der Waals surface area contributed by atoms with Crippen LogP contribution in [0.3, 0.4) is 0 Å². The number of aryl methyl sites for hydroxylation is 2. The Hall–Kier alpha value is -1.17. The van der Waals surface area contributed by atoms with E-state index in [0.29, 0.717) is 18.2 Å². The van der Waals surface area contributed by atoms with Crippen LogP contribution in [0.2, 0.25) is 0 Å². The minimum Gasteiger partial charge on any atom is -0.369 e. The zero-order valence-corrected chi connectivity index (χ0v) is 11.3. The van der Waals surface area contributed by atoms with Gasteiger partial charge in [-0.15, -0.1) is 0 Å². The zero-order valence-electron chi connectivity index (χ0n) is 10.5. The second-order valence-electron chi connectivity index (χ2n) is 3.81. The van der Waals surface area contributed by atoms with E-state index >= 15 is 0 Å². The molecule has 96 valence electrons. The summed E-state index contributed by atoms with van der Waals surface area (Å²) in [6.07, 6.45) is 0.839. The summed E-state index contributed by atoms with van der Waals surface area (Å²) in [5.41, 5.74) is 0.957. The zero-order chi connectivity index (χ0) is 12.9. The van der Waals surface area contributed by atoms with Crippen LogP contribution in [0.25, 0.3) is 0 Å². The Bertz CT molecular complexity index is 472. The Labute approximate surface area is 103 Å². The summed E-state index contributed by atoms with van der Waals surface area (Å²) in [4.78, 5) is 8.47. The van der Waals surface area contributed by atoms with Gasteiger partial charge < -0.3 is 5.32 Å². The van der Waals surface area contributed by atoms with Crippen LogP contribution in [0.5, 0.6) is 0 Å². The molecule has 0 aliphatic carbocycles. The number of sulfone groups is 1. The fourth-order valence-electron chi connectivity index (χ4n) is 1.38. The number of nitrogens with zero attached hydrogens (tertiary/aromatic N) is 2. The lowest BCUT2D eigenvalue weighted by Gasteiger charge is -2.07. The van der Waals surface area contributed by atoms with Gasteiger partial charge in [-0.1, -0.05) is 13.8 Å². The molecule has 0 amide bonds. The molecular weight excluding hydrogens is 238 g/mol. The van der Waals surface area contributed by atoms with Gasteiger partial charge in [-0.3, -0.25) is 0 Å². The quantitative estimate of drug-likeness (QED) is 0.829. The molecule has 1 aromatic heterocycles. The molecule has 0 bridgehead atoms. The van der Waals surface area contributed by atoms with Gasteiger partial charge in [0.25, 0.3) is 0 Å². The molecule has 0 fully saturated rings. The number of hydrogen-bond donors (Lipinski definition) is 1. The molecule has 0 radical (unpaired) electrons. The van der Waals surface area contributed by atoms with E-state index in [9.17, 15) is 8.42 Å². The van der Waals surface area contributed by atoms with Crippen LogP contribution in [0.4, 0.5) is 5.82 Å². The lowest BCUT2D eigenvalue weighted by atomic mass is 10.3. The van der Waals surface area contributed by atoms with Crippen molar-refractivity contribution in [3.05, 3.63) is 17.6 Å². The SMILES string of the molecule is CCc1cc(NCCS(=O)(=O)CC)nc(C)n1. The molecule has 1 heterocycles. The smallest absolute Gasteiger partial charge is 0.151 e. The van der Waals surface area contributed by atoms with E-state index in [1.807, 2.05) is 19.9 Å². The van der Waals surface area contributed by atoms with E-state index in [-0.39, 0.29) is 11.5 Å². The van der Waals surface area contributed by atoms with Crippen LogP contribution < -0.4 is 5.32 Å². The maximum absolute atomic E-state index is 11.3. The Kier molecular flexibility index (Phi) is 4.86. The number of anilines is 1. The van der Waals surface area contributed by atoms with Crippen molar-refractivity contribution in [1.82, 2.24) is 9.97 Å². The molecule has 0 aromatic carbocycles. The van der Waals surface area contributed by atoms with Gasteiger partial charge in [-0.25, -0.2) is 18.4 Å². The van der Waals surface area contributed by atoms with E-state index in [0.717, 1.165) is 12.1 Å². The highest BCUT2D eigenvalue weighted by Gasteiger charge is 2.07. The number of hydrogen-bond acceptors (Lipinski definition) is 5. The molecule has 0 atom stereocenters. The lowest BCUT2D eigenvalue weighted by molar-refractivity contribution is 0.597. The van der Waals surface area contributed by atoms with E-state index in [4.69, 9.17) is 0 Å². The van der Waals surface area contributed by atoms with Gasteiger partial charge in [0, 0.05) is 24.1 Å². The van der Waals surface area contributed by atoms with Crippen LogP contribution in [0, 0.1) is 6.92 Å². The van der Waals surface area contributed by atoms with Crippen molar-refractivity contribution in [3.8, 4) is 0 Å². The van der Waals surface area contributed by atoms with Gasteiger partial charge in [0.1, 0.15) is 11.6 Å². The first-order valence-corrected chi connectivity index (χ1v) is 7.58. The van der Waals surface area contributed by atoms with E-state index in [1.165, 1.54) is 0 Å². The Morgan fingerprint density at radius 1 is 1.29 bits per heavy atom. The summed E-state index contributed by atoms with van der Waals surface area (Å²) in [5, 5.41) is 3.02. The van der Waals surface area contributed by atoms with Gasteiger partial charge >= 0.3 is 0 Å². The van der Waals surface area contributed by atoms with Crippen molar-refractivity contribution in [2.24, 2.45) is 0 Å². The third-order valence-electron chi connectivity index (χ3n) is 2.41. The minimum absolute atomic E-state index is 0.133. The summed E-state index contributed by atoms with van der Waals surface area (Å²) >= 11 is 0. The Morgan fingerprint density at radius 2 is 2.00 bits per heavy atom. The second kappa shape index (κ2) is 5.95. The van der Waals surface area contributed by atoms with Gasteiger partial charge in [0.15, 0.2) is 9.84 Å². The summed E-state index contributed by atoms with van der Waals surface area (Å²) in [6.45, 7) is 5.88. The molecule has 0 unspecified atom stereocenters. The maximum atomic E-state index is 11.3. The molecule has 0 saturated carbocycles. The largest absolute Gasteiger partial charge is 0.369 e. The fraction of sp³-hybridized carbons (Fsp3) is 0.636. The molecular formula is C11H19N3O2S. The molecule has 17 heavy (non-hydrogen) atoms. The normalized spacial score (nSPS) is 11.5.